The zero-order valence-corrected chi connectivity index (χ0v) is 14.9. The lowest BCUT2D eigenvalue weighted by Gasteiger charge is -2.32. The zero-order valence-electron chi connectivity index (χ0n) is 12.5. The van der Waals surface area contributed by atoms with E-state index in [0.29, 0.717) is 18.8 Å². The summed E-state index contributed by atoms with van der Waals surface area (Å²) in [4.78, 5) is 26.2. The summed E-state index contributed by atoms with van der Waals surface area (Å²) >= 11 is 4.84. The summed E-state index contributed by atoms with van der Waals surface area (Å²) < 4.78 is 2.62. The molecule has 1 aliphatic heterocycles. The van der Waals surface area contributed by atoms with Gasteiger partial charge in [-0.15, -0.1) is 11.3 Å². The van der Waals surface area contributed by atoms with Gasteiger partial charge in [-0.05, 0) is 47.1 Å². The first kappa shape index (κ1) is 16.2. The third-order valence-electron chi connectivity index (χ3n) is 4.18. The number of piperidine rings is 1. The van der Waals surface area contributed by atoms with E-state index >= 15 is 0 Å². The summed E-state index contributed by atoms with van der Waals surface area (Å²) in [6, 6.07) is 2.02. The minimum absolute atomic E-state index is 0.0498. The smallest absolute Gasteiger partial charge is 0.339 e. The lowest BCUT2D eigenvalue weighted by molar-refractivity contribution is 0.0691. The summed E-state index contributed by atoms with van der Waals surface area (Å²) in [5, 5.41) is 15.2. The van der Waals surface area contributed by atoms with Crippen LogP contribution in [0.1, 0.15) is 44.6 Å². The van der Waals surface area contributed by atoms with Gasteiger partial charge in [-0.25, -0.2) is 4.79 Å². The van der Waals surface area contributed by atoms with E-state index in [0.717, 1.165) is 22.2 Å². The molecule has 0 unspecified atom stereocenters. The molecular weight excluding hydrogens is 382 g/mol. The fraction of sp³-hybridized carbons (Fsp3) is 0.400. The minimum Gasteiger partial charge on any atom is -0.478 e. The number of nitrogens with zero attached hydrogens (tertiary/aromatic N) is 3. The number of carbonyl (C=O) groups excluding carboxylic acids is 1. The Balaban J connectivity index is 1.68. The van der Waals surface area contributed by atoms with Crippen LogP contribution in [0, 0.1) is 6.92 Å². The fourth-order valence-corrected chi connectivity index (χ4v) is 4.41. The highest BCUT2D eigenvalue weighted by Crippen LogP contribution is 2.28. The van der Waals surface area contributed by atoms with Crippen LogP contribution < -0.4 is 0 Å². The number of aromatic carboxylic acids is 1. The summed E-state index contributed by atoms with van der Waals surface area (Å²) in [6.07, 6.45) is 2.95. The Kier molecular flexibility index (Phi) is 4.54. The maximum Gasteiger partial charge on any atom is 0.339 e. The molecule has 1 fully saturated rings. The van der Waals surface area contributed by atoms with Crippen LogP contribution in [0.2, 0.25) is 0 Å². The van der Waals surface area contributed by atoms with Crippen molar-refractivity contribution in [1.29, 1.82) is 0 Å². The molecule has 23 heavy (non-hydrogen) atoms. The van der Waals surface area contributed by atoms with Gasteiger partial charge in [-0.1, -0.05) is 0 Å². The molecule has 122 valence electrons. The molecule has 0 radical (unpaired) electrons. The predicted octanol–water partition coefficient (Wildman–Crippen LogP) is 3.19. The highest BCUT2D eigenvalue weighted by Gasteiger charge is 2.28. The molecule has 3 rings (SSSR count). The van der Waals surface area contributed by atoms with E-state index in [-0.39, 0.29) is 17.5 Å². The first-order valence-corrected chi connectivity index (χ1v) is 8.96. The topological polar surface area (TPSA) is 75.4 Å². The maximum atomic E-state index is 12.5. The molecule has 6 nitrogen and oxygen atoms in total. The molecule has 0 bridgehead atoms. The number of halogens is 1. The molecule has 1 aliphatic rings. The van der Waals surface area contributed by atoms with E-state index in [1.165, 1.54) is 17.5 Å². The lowest BCUT2D eigenvalue weighted by atomic mass is 10.0. The van der Waals surface area contributed by atoms with Gasteiger partial charge in [0.25, 0.3) is 5.91 Å². The van der Waals surface area contributed by atoms with Crippen molar-refractivity contribution in [1.82, 2.24) is 14.7 Å². The Labute approximate surface area is 145 Å². The summed E-state index contributed by atoms with van der Waals surface area (Å²) in [5.74, 6) is -0.905. The van der Waals surface area contributed by atoms with E-state index in [9.17, 15) is 9.59 Å². The average Bonchev–Trinajstić information content (AvgIpc) is 3.12. The summed E-state index contributed by atoms with van der Waals surface area (Å²) in [6.45, 7) is 3.07. The molecule has 0 atom stereocenters. The number of hydrogen-bond donors (Lipinski definition) is 1. The van der Waals surface area contributed by atoms with Crippen molar-refractivity contribution in [2.24, 2.45) is 0 Å². The van der Waals surface area contributed by atoms with E-state index in [2.05, 4.69) is 21.0 Å². The molecule has 0 saturated carbocycles. The first-order valence-electron chi connectivity index (χ1n) is 7.28. The Bertz CT molecular complexity index is 747. The number of hydrogen-bond acceptors (Lipinski definition) is 4. The van der Waals surface area contributed by atoms with Crippen molar-refractivity contribution >= 4 is 39.1 Å². The van der Waals surface area contributed by atoms with Crippen LogP contribution in [0.4, 0.5) is 0 Å². The van der Waals surface area contributed by atoms with Crippen molar-refractivity contribution in [3.05, 3.63) is 38.3 Å². The largest absolute Gasteiger partial charge is 0.478 e. The van der Waals surface area contributed by atoms with Crippen LogP contribution in [0.3, 0.4) is 0 Å². The molecule has 2 aromatic rings. The number of rotatable bonds is 3. The number of amides is 1. The predicted molar refractivity (Wildman–Crippen MR) is 90.1 cm³/mol. The Hall–Kier alpha value is -1.67. The second-order valence-electron chi connectivity index (χ2n) is 5.51. The van der Waals surface area contributed by atoms with E-state index in [4.69, 9.17) is 5.11 Å². The number of likely N-dealkylation sites (tertiary alicyclic amines) is 1. The summed E-state index contributed by atoms with van der Waals surface area (Å²) in [7, 11) is 0. The quantitative estimate of drug-likeness (QED) is 0.862. The van der Waals surface area contributed by atoms with Gasteiger partial charge in [0, 0.05) is 17.6 Å². The Morgan fingerprint density at radius 3 is 2.61 bits per heavy atom. The molecule has 2 aromatic heterocycles. The molecule has 3 heterocycles. The number of aromatic nitrogens is 2. The highest BCUT2D eigenvalue weighted by atomic mass is 79.9. The monoisotopic (exact) mass is 397 g/mol. The molecule has 1 amide bonds. The number of carbonyl (C=O) groups is 2. The highest BCUT2D eigenvalue weighted by molar-refractivity contribution is 9.10. The average molecular weight is 398 g/mol. The summed E-state index contributed by atoms with van der Waals surface area (Å²) in [5.41, 5.74) is 0.911. The SMILES string of the molecule is Cc1c(C(=O)O)cnn1C1CCN(C(=O)c2sccc2Br)CC1. The van der Waals surface area contributed by atoms with Crippen molar-refractivity contribution in [3.8, 4) is 0 Å². The van der Waals surface area contributed by atoms with Gasteiger partial charge >= 0.3 is 5.97 Å². The molecule has 0 aromatic carbocycles. The van der Waals surface area contributed by atoms with Crippen molar-refractivity contribution in [2.75, 3.05) is 13.1 Å². The van der Waals surface area contributed by atoms with Crippen molar-refractivity contribution in [3.63, 3.8) is 0 Å². The number of carboxylic acids is 1. The number of carboxylic acid groups (broad SMARTS) is 1. The van der Waals surface area contributed by atoms with Crippen LogP contribution in [-0.4, -0.2) is 44.8 Å². The van der Waals surface area contributed by atoms with E-state index in [1.807, 2.05) is 16.3 Å². The molecule has 1 saturated heterocycles. The van der Waals surface area contributed by atoms with Gasteiger partial charge in [0.1, 0.15) is 10.4 Å². The van der Waals surface area contributed by atoms with Gasteiger partial charge in [-0.3, -0.25) is 9.48 Å². The molecule has 8 heteroatoms. The third-order valence-corrected chi connectivity index (χ3v) is 6.01. The van der Waals surface area contributed by atoms with Crippen LogP contribution in [0.5, 0.6) is 0 Å². The van der Waals surface area contributed by atoms with Gasteiger partial charge in [0.2, 0.25) is 0 Å². The van der Waals surface area contributed by atoms with Crippen LogP contribution in [0.15, 0.2) is 22.1 Å². The molecule has 0 spiro atoms. The molecule has 0 aliphatic carbocycles. The Morgan fingerprint density at radius 1 is 1.39 bits per heavy atom. The van der Waals surface area contributed by atoms with Crippen molar-refractivity contribution in [2.45, 2.75) is 25.8 Å². The van der Waals surface area contributed by atoms with Gasteiger partial charge in [-0.2, -0.15) is 5.10 Å². The van der Waals surface area contributed by atoms with Crippen LogP contribution in [0.25, 0.3) is 0 Å². The molecular formula is C15H16BrN3O3S. The van der Waals surface area contributed by atoms with E-state index < -0.39 is 5.97 Å². The normalized spacial score (nSPS) is 15.8. The van der Waals surface area contributed by atoms with Gasteiger partial charge in [0.05, 0.1) is 17.9 Å². The third kappa shape index (κ3) is 3.05. The molecule has 1 N–H and O–H groups in total. The zero-order chi connectivity index (χ0) is 16.6. The second kappa shape index (κ2) is 6.45. The van der Waals surface area contributed by atoms with E-state index in [1.54, 1.807) is 11.6 Å². The Morgan fingerprint density at radius 2 is 2.09 bits per heavy atom. The first-order chi connectivity index (χ1) is 11.0. The standard InChI is InChI=1S/C15H16BrN3O3S/c1-9-11(15(21)22)8-17-19(9)10-2-5-18(6-3-10)14(20)13-12(16)4-7-23-13/h4,7-8,10H,2-3,5-6H2,1H3,(H,21,22). The van der Waals surface area contributed by atoms with Gasteiger partial charge < -0.3 is 10.0 Å². The maximum absolute atomic E-state index is 12.5. The van der Waals surface area contributed by atoms with Crippen LogP contribution in [-0.2, 0) is 0 Å². The van der Waals surface area contributed by atoms with Gasteiger partial charge in [0.15, 0.2) is 0 Å². The lowest BCUT2D eigenvalue weighted by Crippen LogP contribution is -2.39. The fourth-order valence-electron chi connectivity index (χ4n) is 2.90. The van der Waals surface area contributed by atoms with Crippen molar-refractivity contribution < 1.29 is 14.7 Å². The minimum atomic E-state index is -0.955. The number of thiophene rings is 1. The second-order valence-corrected chi connectivity index (χ2v) is 7.28. The van der Waals surface area contributed by atoms with Crippen LogP contribution >= 0.6 is 27.3 Å².